The summed E-state index contributed by atoms with van der Waals surface area (Å²) in [6, 6.07) is 15.6. The molecule has 3 aromatic rings. The average Bonchev–Trinajstić information content (AvgIpc) is 2.97. The summed E-state index contributed by atoms with van der Waals surface area (Å²) < 4.78 is 15.2. The summed E-state index contributed by atoms with van der Waals surface area (Å²) in [6.07, 6.45) is 1.71. The monoisotopic (exact) mass is 309 g/mol. The molecule has 0 saturated heterocycles. The smallest absolute Gasteiger partial charge is 0.257 e. The summed E-state index contributed by atoms with van der Waals surface area (Å²) in [7, 11) is 0. The number of benzene rings is 2. The van der Waals surface area contributed by atoms with Gasteiger partial charge in [0, 0.05) is 23.4 Å². The molecule has 1 N–H and O–H groups in total. The van der Waals surface area contributed by atoms with E-state index in [0.717, 1.165) is 5.56 Å². The number of carbonyl (C=O) groups excluding carboxylic acids is 1. The molecule has 2 aromatic carbocycles. The van der Waals surface area contributed by atoms with E-state index >= 15 is 0 Å². The fourth-order valence-electron chi connectivity index (χ4n) is 2.33. The molecule has 23 heavy (non-hydrogen) atoms. The first kappa shape index (κ1) is 15.0. The van der Waals surface area contributed by atoms with Gasteiger partial charge < -0.3 is 5.32 Å². The van der Waals surface area contributed by atoms with Gasteiger partial charge in [-0.25, -0.2) is 4.39 Å². The van der Waals surface area contributed by atoms with Gasteiger partial charge in [-0.3, -0.25) is 9.48 Å². The number of amides is 1. The highest BCUT2D eigenvalue weighted by molar-refractivity contribution is 6.04. The van der Waals surface area contributed by atoms with Gasteiger partial charge in [0.2, 0.25) is 0 Å². The number of hydrogen-bond donors (Lipinski definition) is 1. The molecule has 0 aliphatic rings. The minimum atomic E-state index is -0.270. The van der Waals surface area contributed by atoms with Crippen molar-refractivity contribution in [2.75, 3.05) is 5.32 Å². The van der Waals surface area contributed by atoms with Gasteiger partial charge in [0.05, 0.1) is 6.54 Å². The van der Waals surface area contributed by atoms with Crippen LogP contribution < -0.4 is 5.32 Å². The molecule has 0 aliphatic carbocycles. The van der Waals surface area contributed by atoms with Gasteiger partial charge in [-0.1, -0.05) is 36.4 Å². The van der Waals surface area contributed by atoms with Crippen LogP contribution in [0.2, 0.25) is 0 Å². The first-order valence-electron chi connectivity index (χ1n) is 7.27. The third-order valence-electron chi connectivity index (χ3n) is 3.56. The van der Waals surface area contributed by atoms with Crippen LogP contribution in [0.5, 0.6) is 0 Å². The van der Waals surface area contributed by atoms with Crippen LogP contribution in [0.3, 0.4) is 0 Å². The van der Waals surface area contributed by atoms with E-state index in [1.165, 1.54) is 6.07 Å². The highest BCUT2D eigenvalue weighted by atomic mass is 19.1. The Balaban J connectivity index is 1.72. The molecule has 116 valence electrons. The molecule has 0 atom stereocenters. The number of carbonyl (C=O) groups is 1. The van der Waals surface area contributed by atoms with E-state index in [4.69, 9.17) is 0 Å². The molecule has 0 spiro atoms. The molecular weight excluding hydrogens is 293 g/mol. The molecule has 0 bridgehead atoms. The molecular formula is C18H16FN3O. The standard InChI is InChI=1S/C18H16FN3O/c1-13-6-2-4-8-15(13)18(23)20-17-10-11-22(21-17)12-14-7-3-5-9-16(14)19/h2-11H,12H2,1H3,(H,20,21,23). The maximum absolute atomic E-state index is 13.6. The van der Waals surface area contributed by atoms with Crippen molar-refractivity contribution in [3.05, 3.63) is 83.3 Å². The second-order valence-electron chi connectivity index (χ2n) is 5.26. The number of aryl methyl sites for hydroxylation is 1. The van der Waals surface area contributed by atoms with Gasteiger partial charge in [-0.15, -0.1) is 0 Å². The quantitative estimate of drug-likeness (QED) is 0.800. The predicted molar refractivity (Wildman–Crippen MR) is 86.9 cm³/mol. The van der Waals surface area contributed by atoms with E-state index < -0.39 is 0 Å². The van der Waals surface area contributed by atoms with Crippen molar-refractivity contribution in [2.24, 2.45) is 0 Å². The number of rotatable bonds is 4. The van der Waals surface area contributed by atoms with Crippen molar-refractivity contribution in [3.63, 3.8) is 0 Å². The fourth-order valence-corrected chi connectivity index (χ4v) is 2.33. The lowest BCUT2D eigenvalue weighted by molar-refractivity contribution is 0.102. The highest BCUT2D eigenvalue weighted by Crippen LogP contribution is 2.12. The number of anilines is 1. The number of hydrogen-bond acceptors (Lipinski definition) is 2. The van der Waals surface area contributed by atoms with E-state index in [1.54, 1.807) is 41.2 Å². The molecule has 0 fully saturated rings. The first-order valence-corrected chi connectivity index (χ1v) is 7.27. The van der Waals surface area contributed by atoms with Crippen LogP contribution in [-0.2, 0) is 6.54 Å². The maximum atomic E-state index is 13.6. The lowest BCUT2D eigenvalue weighted by Gasteiger charge is -2.05. The normalized spacial score (nSPS) is 10.5. The van der Waals surface area contributed by atoms with E-state index in [2.05, 4.69) is 10.4 Å². The molecule has 0 unspecified atom stereocenters. The van der Waals surface area contributed by atoms with Crippen molar-refractivity contribution in [1.29, 1.82) is 0 Å². The lowest BCUT2D eigenvalue weighted by atomic mass is 10.1. The summed E-state index contributed by atoms with van der Waals surface area (Å²) in [4.78, 5) is 12.2. The molecule has 3 rings (SSSR count). The van der Waals surface area contributed by atoms with Gasteiger partial charge in [0.1, 0.15) is 5.82 Å². The van der Waals surface area contributed by atoms with Gasteiger partial charge >= 0.3 is 0 Å². The third-order valence-corrected chi connectivity index (χ3v) is 3.56. The highest BCUT2D eigenvalue weighted by Gasteiger charge is 2.10. The Hall–Kier alpha value is -2.95. The molecule has 0 saturated carbocycles. The first-order chi connectivity index (χ1) is 11.1. The van der Waals surface area contributed by atoms with Crippen LogP contribution in [0.1, 0.15) is 21.5 Å². The molecule has 4 nitrogen and oxygen atoms in total. The fraction of sp³-hybridized carbons (Fsp3) is 0.111. The molecule has 1 aromatic heterocycles. The summed E-state index contributed by atoms with van der Waals surface area (Å²) in [5.41, 5.74) is 2.05. The van der Waals surface area contributed by atoms with Gasteiger partial charge in [0.15, 0.2) is 5.82 Å². The Morgan fingerprint density at radius 1 is 1.13 bits per heavy atom. The van der Waals surface area contributed by atoms with Crippen molar-refractivity contribution in [2.45, 2.75) is 13.5 Å². The van der Waals surface area contributed by atoms with Crippen LogP contribution >= 0.6 is 0 Å². The van der Waals surface area contributed by atoms with Crippen molar-refractivity contribution < 1.29 is 9.18 Å². The molecule has 5 heteroatoms. The number of nitrogens with zero attached hydrogens (tertiary/aromatic N) is 2. The topological polar surface area (TPSA) is 46.9 Å². The maximum Gasteiger partial charge on any atom is 0.257 e. The average molecular weight is 309 g/mol. The summed E-state index contributed by atoms with van der Waals surface area (Å²) in [5, 5.41) is 7.02. The second-order valence-corrected chi connectivity index (χ2v) is 5.26. The van der Waals surface area contributed by atoms with Crippen LogP contribution in [0, 0.1) is 12.7 Å². The second kappa shape index (κ2) is 6.44. The molecule has 1 heterocycles. The Labute approximate surface area is 133 Å². The van der Waals surface area contributed by atoms with Gasteiger partial charge in [-0.05, 0) is 24.6 Å². The van der Waals surface area contributed by atoms with Crippen LogP contribution in [0.4, 0.5) is 10.2 Å². The zero-order valence-electron chi connectivity index (χ0n) is 12.7. The van der Waals surface area contributed by atoms with Crippen molar-refractivity contribution in [1.82, 2.24) is 9.78 Å². The minimum Gasteiger partial charge on any atom is -0.305 e. The van der Waals surface area contributed by atoms with Crippen LogP contribution in [0.25, 0.3) is 0 Å². The predicted octanol–water partition coefficient (Wildman–Crippen LogP) is 3.63. The van der Waals surface area contributed by atoms with Gasteiger partial charge in [-0.2, -0.15) is 5.10 Å². The van der Waals surface area contributed by atoms with Crippen molar-refractivity contribution >= 4 is 11.7 Å². The number of aromatic nitrogens is 2. The molecule has 0 radical (unpaired) electrons. The van der Waals surface area contributed by atoms with E-state index in [1.807, 2.05) is 25.1 Å². The largest absolute Gasteiger partial charge is 0.305 e. The number of halogens is 1. The summed E-state index contributed by atoms with van der Waals surface area (Å²) in [6.45, 7) is 2.19. The third kappa shape index (κ3) is 3.45. The number of nitrogens with one attached hydrogen (secondary N) is 1. The van der Waals surface area contributed by atoms with Gasteiger partial charge in [0.25, 0.3) is 5.91 Å². The Bertz CT molecular complexity index is 842. The van der Waals surface area contributed by atoms with E-state index in [9.17, 15) is 9.18 Å². The molecule has 1 amide bonds. The van der Waals surface area contributed by atoms with E-state index in [-0.39, 0.29) is 11.7 Å². The van der Waals surface area contributed by atoms with Crippen LogP contribution in [-0.4, -0.2) is 15.7 Å². The Morgan fingerprint density at radius 2 is 1.87 bits per heavy atom. The summed E-state index contributed by atoms with van der Waals surface area (Å²) in [5.74, 6) is -0.0395. The van der Waals surface area contributed by atoms with E-state index in [0.29, 0.717) is 23.5 Å². The van der Waals surface area contributed by atoms with Crippen LogP contribution in [0.15, 0.2) is 60.8 Å². The zero-order valence-corrected chi connectivity index (χ0v) is 12.7. The minimum absolute atomic E-state index is 0.209. The lowest BCUT2D eigenvalue weighted by Crippen LogP contribution is -2.14. The Morgan fingerprint density at radius 3 is 2.65 bits per heavy atom. The zero-order chi connectivity index (χ0) is 16.2. The Kier molecular flexibility index (Phi) is 4.19. The van der Waals surface area contributed by atoms with Crippen molar-refractivity contribution in [3.8, 4) is 0 Å². The summed E-state index contributed by atoms with van der Waals surface area (Å²) >= 11 is 0. The molecule has 0 aliphatic heterocycles. The SMILES string of the molecule is Cc1ccccc1C(=O)Nc1ccn(Cc2ccccc2F)n1.